The Hall–Kier alpha value is -1.86. The van der Waals surface area contributed by atoms with Crippen molar-refractivity contribution in [1.29, 1.82) is 0 Å². The summed E-state index contributed by atoms with van der Waals surface area (Å²) in [7, 11) is 1.49. The third kappa shape index (κ3) is 4.86. The molecule has 0 unspecified atom stereocenters. The quantitative estimate of drug-likeness (QED) is 0.784. The maximum absolute atomic E-state index is 12.7. The number of methoxy groups -OCH3 is 1. The average Bonchev–Trinajstić information content (AvgIpc) is 2.93. The van der Waals surface area contributed by atoms with Gasteiger partial charge in [0, 0.05) is 31.4 Å². The number of amides is 1. The van der Waals surface area contributed by atoms with E-state index in [4.69, 9.17) is 9.47 Å². The van der Waals surface area contributed by atoms with E-state index in [1.165, 1.54) is 32.8 Å². The van der Waals surface area contributed by atoms with E-state index in [1.54, 1.807) is 12.3 Å². The number of hydrogen-bond acceptors (Lipinski definition) is 5. The molecule has 3 rings (SSSR count). The Balaban J connectivity index is 1.78. The van der Waals surface area contributed by atoms with Crippen LogP contribution in [0.5, 0.6) is 5.75 Å². The predicted octanol–water partition coefficient (Wildman–Crippen LogP) is 1.09. The molecule has 0 saturated carbocycles. The van der Waals surface area contributed by atoms with Gasteiger partial charge in [0.1, 0.15) is 6.54 Å². The fourth-order valence-electron chi connectivity index (χ4n) is 3.61. The number of hydrogen-bond donors (Lipinski definition) is 0. The van der Waals surface area contributed by atoms with Crippen molar-refractivity contribution in [2.24, 2.45) is 0 Å². The Labute approximate surface area is 154 Å². The van der Waals surface area contributed by atoms with Crippen molar-refractivity contribution in [3.8, 4) is 5.75 Å². The molecule has 1 aromatic rings. The number of carbonyl (C=O) groups is 1. The first-order valence-electron chi connectivity index (χ1n) is 9.52. The van der Waals surface area contributed by atoms with Crippen LogP contribution < -0.4 is 10.2 Å². The Morgan fingerprint density at radius 1 is 1.12 bits per heavy atom. The lowest BCUT2D eigenvalue weighted by Crippen LogP contribution is -2.42. The van der Waals surface area contributed by atoms with Gasteiger partial charge in [-0.2, -0.15) is 0 Å². The molecule has 0 atom stereocenters. The Morgan fingerprint density at radius 2 is 1.81 bits per heavy atom. The molecule has 3 heterocycles. The van der Waals surface area contributed by atoms with Gasteiger partial charge in [-0.15, -0.1) is 0 Å². The number of carbonyl (C=O) groups excluding carboxylic acids is 1. The minimum Gasteiger partial charge on any atom is -0.491 e. The normalized spacial score (nSPS) is 19.2. The van der Waals surface area contributed by atoms with Crippen LogP contribution in [0.4, 0.5) is 0 Å². The molecule has 144 valence electrons. The summed E-state index contributed by atoms with van der Waals surface area (Å²) in [6, 6.07) is 1.62. The van der Waals surface area contributed by atoms with Gasteiger partial charge >= 0.3 is 0 Å². The van der Waals surface area contributed by atoms with Crippen LogP contribution in [0, 0.1) is 0 Å². The van der Waals surface area contributed by atoms with Crippen LogP contribution in [0.1, 0.15) is 31.4 Å². The highest BCUT2D eigenvalue weighted by Crippen LogP contribution is 2.15. The number of aromatic nitrogens is 1. The van der Waals surface area contributed by atoms with Crippen LogP contribution in [-0.2, 0) is 22.6 Å². The summed E-state index contributed by atoms with van der Waals surface area (Å²) in [5, 5.41) is 0. The summed E-state index contributed by atoms with van der Waals surface area (Å²) >= 11 is 0. The summed E-state index contributed by atoms with van der Waals surface area (Å²) in [5.41, 5.74) is 0.742. The highest BCUT2D eigenvalue weighted by atomic mass is 16.5. The second kappa shape index (κ2) is 9.19. The molecule has 0 spiro atoms. The molecule has 0 N–H and O–H groups in total. The zero-order chi connectivity index (χ0) is 18.4. The van der Waals surface area contributed by atoms with Crippen LogP contribution in [0.15, 0.2) is 17.1 Å². The molecule has 2 aliphatic rings. The second-order valence-corrected chi connectivity index (χ2v) is 7.01. The predicted molar refractivity (Wildman–Crippen MR) is 98.4 cm³/mol. The third-order valence-corrected chi connectivity index (χ3v) is 5.16. The molecular weight excluding hydrogens is 334 g/mol. The zero-order valence-corrected chi connectivity index (χ0v) is 15.6. The largest absolute Gasteiger partial charge is 0.491 e. The topological polar surface area (TPSA) is 64.0 Å². The maximum Gasteiger partial charge on any atom is 0.242 e. The molecule has 7 nitrogen and oxygen atoms in total. The van der Waals surface area contributed by atoms with E-state index >= 15 is 0 Å². The van der Waals surface area contributed by atoms with Crippen LogP contribution in [-0.4, -0.2) is 66.8 Å². The van der Waals surface area contributed by atoms with Gasteiger partial charge in [-0.05, 0) is 25.9 Å². The highest BCUT2D eigenvalue weighted by Gasteiger charge is 2.20. The van der Waals surface area contributed by atoms with Gasteiger partial charge in [-0.25, -0.2) is 0 Å². The van der Waals surface area contributed by atoms with Gasteiger partial charge in [0.2, 0.25) is 11.3 Å². The maximum atomic E-state index is 12.7. The molecule has 26 heavy (non-hydrogen) atoms. The van der Waals surface area contributed by atoms with E-state index in [-0.39, 0.29) is 23.6 Å². The van der Waals surface area contributed by atoms with E-state index in [9.17, 15) is 9.59 Å². The monoisotopic (exact) mass is 363 g/mol. The number of likely N-dealkylation sites (tertiary alicyclic amines) is 1. The van der Waals surface area contributed by atoms with Crippen molar-refractivity contribution in [3.63, 3.8) is 0 Å². The van der Waals surface area contributed by atoms with Gasteiger partial charge in [0.05, 0.1) is 26.5 Å². The lowest BCUT2D eigenvalue weighted by molar-refractivity contribution is -0.135. The third-order valence-electron chi connectivity index (χ3n) is 5.16. The van der Waals surface area contributed by atoms with E-state index in [0.29, 0.717) is 32.8 Å². The number of pyridine rings is 1. The number of ether oxygens (including phenoxy) is 2. The molecule has 0 radical (unpaired) electrons. The molecule has 0 aromatic carbocycles. The van der Waals surface area contributed by atoms with Crippen molar-refractivity contribution in [3.05, 3.63) is 28.2 Å². The van der Waals surface area contributed by atoms with Crippen molar-refractivity contribution in [2.45, 2.75) is 38.8 Å². The lowest BCUT2D eigenvalue weighted by Gasteiger charge is -2.28. The Bertz CT molecular complexity index is 659. The summed E-state index contributed by atoms with van der Waals surface area (Å²) in [4.78, 5) is 29.1. The zero-order valence-electron chi connectivity index (χ0n) is 15.6. The highest BCUT2D eigenvalue weighted by molar-refractivity contribution is 5.76. The Morgan fingerprint density at radius 3 is 2.46 bits per heavy atom. The molecule has 1 amide bonds. The van der Waals surface area contributed by atoms with Crippen molar-refractivity contribution >= 4 is 5.91 Å². The molecule has 7 heteroatoms. The number of morpholine rings is 1. The molecule has 0 aliphatic carbocycles. The summed E-state index contributed by atoms with van der Waals surface area (Å²) in [6.45, 7) is 5.40. The SMILES string of the molecule is COc1cn(CC(=O)N2CCOCC2)c(CN2CCCCCC2)cc1=O. The average molecular weight is 363 g/mol. The molecular formula is C19H29N3O4. The minimum absolute atomic E-state index is 0.0520. The molecule has 0 bridgehead atoms. The second-order valence-electron chi connectivity index (χ2n) is 7.01. The fraction of sp³-hybridized carbons (Fsp3) is 0.684. The van der Waals surface area contributed by atoms with E-state index in [0.717, 1.165) is 18.8 Å². The number of nitrogens with zero attached hydrogens (tertiary/aromatic N) is 3. The van der Waals surface area contributed by atoms with Gasteiger partial charge in [0.25, 0.3) is 0 Å². The Kier molecular flexibility index (Phi) is 6.68. The van der Waals surface area contributed by atoms with Crippen LogP contribution >= 0.6 is 0 Å². The first kappa shape index (κ1) is 18.9. The summed E-state index contributed by atoms with van der Waals surface area (Å²) in [6.07, 6.45) is 6.58. The fourth-order valence-corrected chi connectivity index (χ4v) is 3.61. The molecule has 2 aliphatic heterocycles. The van der Waals surface area contributed by atoms with Gasteiger partial charge < -0.3 is 18.9 Å². The first-order chi connectivity index (χ1) is 12.7. The van der Waals surface area contributed by atoms with Gasteiger partial charge in [-0.1, -0.05) is 12.8 Å². The number of rotatable bonds is 5. The smallest absolute Gasteiger partial charge is 0.242 e. The van der Waals surface area contributed by atoms with E-state index < -0.39 is 0 Å². The van der Waals surface area contributed by atoms with Crippen molar-refractivity contribution in [2.75, 3.05) is 46.5 Å². The van der Waals surface area contributed by atoms with Crippen molar-refractivity contribution < 1.29 is 14.3 Å². The summed E-state index contributed by atoms with van der Waals surface area (Å²) in [5.74, 6) is 0.329. The van der Waals surface area contributed by atoms with E-state index in [2.05, 4.69) is 4.90 Å². The van der Waals surface area contributed by atoms with E-state index in [1.807, 2.05) is 9.47 Å². The first-order valence-corrected chi connectivity index (χ1v) is 9.52. The van der Waals surface area contributed by atoms with Gasteiger partial charge in [-0.3, -0.25) is 14.5 Å². The van der Waals surface area contributed by atoms with Gasteiger partial charge in [0.15, 0.2) is 5.75 Å². The summed E-state index contributed by atoms with van der Waals surface area (Å²) < 4.78 is 12.4. The van der Waals surface area contributed by atoms with Crippen LogP contribution in [0.25, 0.3) is 0 Å². The standard InChI is InChI=1S/C19H29N3O4/c1-25-18-14-22(15-19(24)21-8-10-26-11-9-21)16(12-17(18)23)13-20-6-4-2-3-5-7-20/h12,14H,2-11,13,15H2,1H3. The van der Waals surface area contributed by atoms with Crippen LogP contribution in [0.3, 0.4) is 0 Å². The van der Waals surface area contributed by atoms with Crippen molar-refractivity contribution in [1.82, 2.24) is 14.4 Å². The molecule has 2 fully saturated rings. The minimum atomic E-state index is -0.132. The van der Waals surface area contributed by atoms with Crippen LogP contribution in [0.2, 0.25) is 0 Å². The molecule has 2 saturated heterocycles. The molecule has 1 aromatic heterocycles. The lowest BCUT2D eigenvalue weighted by atomic mass is 10.2.